The molecule has 2 rings (SSSR count). The van der Waals surface area contributed by atoms with Gasteiger partial charge in [-0.05, 0) is 11.1 Å². The maximum Gasteiger partial charge on any atom is 0.312 e. The van der Waals surface area contributed by atoms with E-state index in [2.05, 4.69) is 21.6 Å². The summed E-state index contributed by atoms with van der Waals surface area (Å²) >= 11 is 0. The van der Waals surface area contributed by atoms with Crippen LogP contribution in [0, 0.1) is 0 Å². The number of rotatable bonds is 4. The fourth-order valence-corrected chi connectivity index (χ4v) is 2.18. The number of carbonyl (C=O) groups is 1. The molecule has 18 heavy (non-hydrogen) atoms. The molecule has 2 amide bonds. The molecule has 1 aliphatic rings. The van der Waals surface area contributed by atoms with Crippen LogP contribution in [-0.4, -0.2) is 37.1 Å². The standard InChI is InChI=1S/C13H20N4O/c14-13(18)16-9-11-3-1-2-4-12(11)10-17-7-5-15-6-8-17/h1-4,15H,5-10H2,(H3,14,16,18). The summed E-state index contributed by atoms with van der Waals surface area (Å²) in [5.41, 5.74) is 7.50. The monoisotopic (exact) mass is 248 g/mol. The number of nitrogens with one attached hydrogen (secondary N) is 2. The second-order valence-corrected chi connectivity index (χ2v) is 4.51. The van der Waals surface area contributed by atoms with Crippen molar-refractivity contribution in [1.82, 2.24) is 15.5 Å². The molecule has 1 fully saturated rings. The zero-order chi connectivity index (χ0) is 12.8. The van der Waals surface area contributed by atoms with Crippen molar-refractivity contribution in [3.63, 3.8) is 0 Å². The van der Waals surface area contributed by atoms with Gasteiger partial charge in [0.25, 0.3) is 0 Å². The molecule has 0 unspecified atom stereocenters. The lowest BCUT2D eigenvalue weighted by Gasteiger charge is -2.28. The van der Waals surface area contributed by atoms with Crippen LogP contribution in [-0.2, 0) is 13.1 Å². The Hall–Kier alpha value is -1.59. The highest BCUT2D eigenvalue weighted by atomic mass is 16.2. The number of hydrogen-bond acceptors (Lipinski definition) is 3. The molecule has 0 saturated carbocycles. The number of carbonyl (C=O) groups excluding carboxylic acids is 1. The van der Waals surface area contributed by atoms with Crippen molar-refractivity contribution in [2.45, 2.75) is 13.1 Å². The van der Waals surface area contributed by atoms with Crippen LogP contribution in [0.25, 0.3) is 0 Å². The minimum atomic E-state index is -0.480. The number of benzene rings is 1. The van der Waals surface area contributed by atoms with E-state index in [0.717, 1.165) is 38.3 Å². The predicted octanol–water partition coefficient (Wildman–Crippen LogP) is 0.260. The second kappa shape index (κ2) is 6.37. The first-order valence-corrected chi connectivity index (χ1v) is 6.29. The van der Waals surface area contributed by atoms with Gasteiger partial charge in [0.2, 0.25) is 0 Å². The summed E-state index contributed by atoms with van der Waals surface area (Å²) in [6.45, 7) is 5.65. The van der Waals surface area contributed by atoms with Crippen molar-refractivity contribution in [1.29, 1.82) is 0 Å². The van der Waals surface area contributed by atoms with Crippen molar-refractivity contribution >= 4 is 6.03 Å². The molecule has 98 valence electrons. The smallest absolute Gasteiger partial charge is 0.312 e. The SMILES string of the molecule is NC(=O)NCc1ccccc1CN1CCNCC1. The highest BCUT2D eigenvalue weighted by Crippen LogP contribution is 2.12. The topological polar surface area (TPSA) is 70.4 Å². The van der Waals surface area contributed by atoms with Gasteiger partial charge in [-0.3, -0.25) is 4.90 Å². The van der Waals surface area contributed by atoms with Crippen molar-refractivity contribution in [2.24, 2.45) is 5.73 Å². The zero-order valence-corrected chi connectivity index (χ0v) is 10.5. The average Bonchev–Trinajstić information content (AvgIpc) is 2.39. The minimum Gasteiger partial charge on any atom is -0.352 e. The normalized spacial score (nSPS) is 16.4. The maximum absolute atomic E-state index is 10.8. The summed E-state index contributed by atoms with van der Waals surface area (Å²) in [6, 6.07) is 7.69. The highest BCUT2D eigenvalue weighted by Gasteiger charge is 2.11. The van der Waals surface area contributed by atoms with E-state index in [1.807, 2.05) is 18.2 Å². The molecule has 0 radical (unpaired) electrons. The van der Waals surface area contributed by atoms with E-state index in [-0.39, 0.29) is 0 Å². The van der Waals surface area contributed by atoms with Gasteiger partial charge >= 0.3 is 6.03 Å². The van der Waals surface area contributed by atoms with Crippen LogP contribution in [0.15, 0.2) is 24.3 Å². The molecule has 4 N–H and O–H groups in total. The number of piperazine rings is 1. The molecule has 0 bridgehead atoms. The van der Waals surface area contributed by atoms with E-state index in [4.69, 9.17) is 5.73 Å². The predicted molar refractivity (Wildman–Crippen MR) is 71.0 cm³/mol. The van der Waals surface area contributed by atoms with Crippen LogP contribution in [0.1, 0.15) is 11.1 Å². The molecule has 1 heterocycles. The third-order valence-corrected chi connectivity index (χ3v) is 3.18. The van der Waals surface area contributed by atoms with Gasteiger partial charge in [0, 0.05) is 39.3 Å². The van der Waals surface area contributed by atoms with Gasteiger partial charge in [-0.25, -0.2) is 4.79 Å². The van der Waals surface area contributed by atoms with E-state index < -0.39 is 6.03 Å². The summed E-state index contributed by atoms with van der Waals surface area (Å²) < 4.78 is 0. The Morgan fingerprint density at radius 1 is 1.28 bits per heavy atom. The molecule has 0 aromatic heterocycles. The Morgan fingerprint density at radius 2 is 1.94 bits per heavy atom. The van der Waals surface area contributed by atoms with E-state index in [1.165, 1.54) is 5.56 Å². The van der Waals surface area contributed by atoms with Gasteiger partial charge in [0.15, 0.2) is 0 Å². The summed E-state index contributed by atoms with van der Waals surface area (Å²) in [4.78, 5) is 13.2. The highest BCUT2D eigenvalue weighted by molar-refractivity contribution is 5.71. The molecule has 0 aliphatic carbocycles. The first-order valence-electron chi connectivity index (χ1n) is 6.29. The zero-order valence-electron chi connectivity index (χ0n) is 10.5. The lowest BCUT2D eigenvalue weighted by molar-refractivity contribution is 0.232. The van der Waals surface area contributed by atoms with Gasteiger partial charge in [-0.2, -0.15) is 0 Å². The number of nitrogens with zero attached hydrogens (tertiary/aromatic N) is 1. The van der Waals surface area contributed by atoms with Gasteiger partial charge in [0.05, 0.1) is 0 Å². The van der Waals surface area contributed by atoms with Crippen LogP contribution in [0.4, 0.5) is 4.79 Å². The van der Waals surface area contributed by atoms with Gasteiger partial charge in [-0.1, -0.05) is 24.3 Å². The lowest BCUT2D eigenvalue weighted by Crippen LogP contribution is -2.43. The van der Waals surface area contributed by atoms with E-state index in [9.17, 15) is 4.79 Å². The molecule has 1 saturated heterocycles. The molecule has 1 aromatic rings. The summed E-state index contributed by atoms with van der Waals surface area (Å²) in [6.07, 6.45) is 0. The fourth-order valence-electron chi connectivity index (χ4n) is 2.18. The molecule has 1 aromatic carbocycles. The van der Waals surface area contributed by atoms with Crippen LogP contribution in [0.2, 0.25) is 0 Å². The fraction of sp³-hybridized carbons (Fsp3) is 0.462. The largest absolute Gasteiger partial charge is 0.352 e. The number of urea groups is 1. The van der Waals surface area contributed by atoms with Crippen molar-refractivity contribution < 1.29 is 4.79 Å². The maximum atomic E-state index is 10.8. The minimum absolute atomic E-state index is 0.480. The van der Waals surface area contributed by atoms with E-state index >= 15 is 0 Å². The van der Waals surface area contributed by atoms with Crippen molar-refractivity contribution in [2.75, 3.05) is 26.2 Å². The van der Waals surface area contributed by atoms with Crippen LogP contribution >= 0.6 is 0 Å². The third kappa shape index (κ3) is 3.72. The van der Waals surface area contributed by atoms with Crippen LogP contribution in [0.3, 0.4) is 0 Å². The molecular formula is C13H20N4O. The molecule has 0 atom stereocenters. The Kier molecular flexibility index (Phi) is 4.55. The van der Waals surface area contributed by atoms with E-state index in [0.29, 0.717) is 6.54 Å². The molecule has 1 aliphatic heterocycles. The number of primary amides is 1. The van der Waals surface area contributed by atoms with Crippen molar-refractivity contribution in [3.8, 4) is 0 Å². The summed E-state index contributed by atoms with van der Waals surface area (Å²) in [7, 11) is 0. The lowest BCUT2D eigenvalue weighted by atomic mass is 10.1. The van der Waals surface area contributed by atoms with Crippen LogP contribution in [0.5, 0.6) is 0 Å². The molecule has 5 nitrogen and oxygen atoms in total. The number of hydrogen-bond donors (Lipinski definition) is 3. The molecule has 5 heteroatoms. The van der Waals surface area contributed by atoms with Crippen molar-refractivity contribution in [3.05, 3.63) is 35.4 Å². The first kappa shape index (κ1) is 12.9. The second-order valence-electron chi connectivity index (χ2n) is 4.51. The van der Waals surface area contributed by atoms with Gasteiger partial charge in [-0.15, -0.1) is 0 Å². The molecular weight excluding hydrogens is 228 g/mol. The Balaban J connectivity index is 1.99. The van der Waals surface area contributed by atoms with Gasteiger partial charge < -0.3 is 16.4 Å². The average molecular weight is 248 g/mol. The third-order valence-electron chi connectivity index (χ3n) is 3.18. The Morgan fingerprint density at radius 3 is 2.61 bits per heavy atom. The molecule has 0 spiro atoms. The Bertz CT molecular complexity index is 402. The summed E-state index contributed by atoms with van der Waals surface area (Å²) in [5, 5.41) is 5.99. The quantitative estimate of drug-likeness (QED) is 0.716. The van der Waals surface area contributed by atoms with Gasteiger partial charge in [0.1, 0.15) is 0 Å². The summed E-state index contributed by atoms with van der Waals surface area (Å²) in [5.74, 6) is 0. The van der Waals surface area contributed by atoms with E-state index in [1.54, 1.807) is 0 Å². The first-order chi connectivity index (χ1) is 8.75. The Labute approximate surface area is 107 Å². The number of nitrogens with two attached hydrogens (primary N) is 1. The number of amides is 2. The van der Waals surface area contributed by atoms with Crippen LogP contribution < -0.4 is 16.4 Å².